The molecule has 0 saturated carbocycles. The van der Waals surface area contributed by atoms with Crippen LogP contribution in [-0.2, 0) is 17.8 Å². The Morgan fingerprint density at radius 1 is 0.829 bits per heavy atom. The maximum Gasteiger partial charge on any atom is 0.227 e. The van der Waals surface area contributed by atoms with Gasteiger partial charge in [0, 0.05) is 43.7 Å². The van der Waals surface area contributed by atoms with Gasteiger partial charge < -0.3 is 18.8 Å². The molecule has 0 aliphatic carbocycles. The van der Waals surface area contributed by atoms with Gasteiger partial charge in [-0.1, -0.05) is 36.4 Å². The van der Waals surface area contributed by atoms with Gasteiger partial charge in [0.15, 0.2) is 11.5 Å². The summed E-state index contributed by atoms with van der Waals surface area (Å²) < 4.78 is 16.8. The molecule has 1 aliphatic heterocycles. The normalized spacial score (nSPS) is 14.3. The zero-order chi connectivity index (χ0) is 24.2. The summed E-state index contributed by atoms with van der Waals surface area (Å²) in [4.78, 5) is 17.4. The maximum atomic E-state index is 13.0. The lowest BCUT2D eigenvalue weighted by Crippen LogP contribution is -2.48. The number of rotatable bonds is 7. The molecule has 180 valence electrons. The summed E-state index contributed by atoms with van der Waals surface area (Å²) in [5.74, 6) is 2.25. The fourth-order valence-corrected chi connectivity index (χ4v) is 4.62. The number of carbonyl (C=O) groups is 1. The van der Waals surface area contributed by atoms with E-state index in [9.17, 15) is 4.79 Å². The zero-order valence-corrected chi connectivity index (χ0v) is 20.2. The fraction of sp³-hybridized carbons (Fsp3) is 0.276. The van der Waals surface area contributed by atoms with Crippen molar-refractivity contribution in [2.45, 2.75) is 13.0 Å². The third-order valence-corrected chi connectivity index (χ3v) is 6.58. The molecule has 0 N–H and O–H groups in total. The number of hydrogen-bond donors (Lipinski definition) is 0. The van der Waals surface area contributed by atoms with Crippen LogP contribution < -0.4 is 9.47 Å². The molecule has 0 spiro atoms. The van der Waals surface area contributed by atoms with Crippen molar-refractivity contribution in [2.75, 3.05) is 40.4 Å². The van der Waals surface area contributed by atoms with E-state index in [2.05, 4.69) is 29.2 Å². The van der Waals surface area contributed by atoms with E-state index < -0.39 is 0 Å². The Balaban J connectivity index is 1.23. The van der Waals surface area contributed by atoms with Gasteiger partial charge in [-0.05, 0) is 47.5 Å². The van der Waals surface area contributed by atoms with E-state index in [1.54, 1.807) is 14.2 Å². The highest BCUT2D eigenvalue weighted by Gasteiger charge is 2.21. The van der Waals surface area contributed by atoms with Crippen LogP contribution in [0.25, 0.3) is 22.3 Å². The van der Waals surface area contributed by atoms with Crippen molar-refractivity contribution in [3.8, 4) is 22.8 Å². The van der Waals surface area contributed by atoms with Crippen LogP contribution in [-0.4, -0.2) is 56.1 Å². The number of carbonyl (C=O) groups excluding carboxylic acids is 1. The number of furan rings is 1. The van der Waals surface area contributed by atoms with Gasteiger partial charge in [0.25, 0.3) is 0 Å². The Bertz CT molecular complexity index is 1310. The van der Waals surface area contributed by atoms with Crippen molar-refractivity contribution in [1.82, 2.24) is 9.80 Å². The van der Waals surface area contributed by atoms with Crippen molar-refractivity contribution < 1.29 is 18.7 Å². The maximum absolute atomic E-state index is 13.0. The summed E-state index contributed by atoms with van der Waals surface area (Å²) in [7, 11) is 3.23. The summed E-state index contributed by atoms with van der Waals surface area (Å²) >= 11 is 0. The van der Waals surface area contributed by atoms with Crippen LogP contribution >= 0.6 is 0 Å². The highest BCUT2D eigenvalue weighted by atomic mass is 16.5. The predicted octanol–water partition coefficient (Wildman–Crippen LogP) is 5.00. The SMILES string of the molecule is COc1ccc(-c2cc3cc(CC(=O)N4CCN(Cc5ccccc5)CC4)ccc3o2)cc1OC. The molecule has 3 aromatic carbocycles. The van der Waals surface area contributed by atoms with E-state index in [0.717, 1.165) is 60.6 Å². The van der Waals surface area contributed by atoms with Crippen LogP contribution in [0.4, 0.5) is 0 Å². The first kappa shape index (κ1) is 23.0. The van der Waals surface area contributed by atoms with Crippen molar-refractivity contribution in [2.24, 2.45) is 0 Å². The fourth-order valence-electron chi connectivity index (χ4n) is 4.62. The molecule has 0 unspecified atom stereocenters. The smallest absolute Gasteiger partial charge is 0.227 e. The van der Waals surface area contributed by atoms with Gasteiger partial charge >= 0.3 is 0 Å². The van der Waals surface area contributed by atoms with Crippen molar-refractivity contribution >= 4 is 16.9 Å². The standard InChI is InChI=1S/C29H30N2O4/c1-33-26-11-9-23(18-28(26)34-2)27-19-24-16-22(8-10-25(24)35-27)17-29(32)31-14-12-30(13-15-31)20-21-6-4-3-5-7-21/h3-11,16,18-19H,12-15,17,20H2,1-2H3. The number of amides is 1. The van der Waals surface area contributed by atoms with E-state index in [0.29, 0.717) is 17.9 Å². The first-order chi connectivity index (χ1) is 17.1. The van der Waals surface area contributed by atoms with Crippen molar-refractivity contribution in [3.63, 3.8) is 0 Å². The molecule has 1 fully saturated rings. The topological polar surface area (TPSA) is 55.2 Å². The molecule has 6 nitrogen and oxygen atoms in total. The van der Waals surface area contributed by atoms with E-state index in [1.165, 1.54) is 5.56 Å². The quantitative estimate of drug-likeness (QED) is 0.380. The van der Waals surface area contributed by atoms with E-state index >= 15 is 0 Å². The van der Waals surface area contributed by atoms with Gasteiger partial charge in [-0.2, -0.15) is 0 Å². The van der Waals surface area contributed by atoms with Crippen LogP contribution in [0.5, 0.6) is 11.5 Å². The molecule has 1 aromatic heterocycles. The monoisotopic (exact) mass is 470 g/mol. The molecular formula is C29H30N2O4. The lowest BCUT2D eigenvalue weighted by Gasteiger charge is -2.34. The lowest BCUT2D eigenvalue weighted by atomic mass is 10.1. The molecule has 2 heterocycles. The number of hydrogen-bond acceptors (Lipinski definition) is 5. The molecule has 0 radical (unpaired) electrons. The second-order valence-electron chi connectivity index (χ2n) is 8.87. The largest absolute Gasteiger partial charge is 0.493 e. The molecule has 4 aromatic rings. The minimum absolute atomic E-state index is 0.173. The molecule has 6 heteroatoms. The second kappa shape index (κ2) is 10.2. The average Bonchev–Trinajstić information content (AvgIpc) is 3.33. The summed E-state index contributed by atoms with van der Waals surface area (Å²) in [5.41, 5.74) is 4.01. The molecule has 35 heavy (non-hydrogen) atoms. The molecular weight excluding hydrogens is 440 g/mol. The van der Waals surface area contributed by atoms with Crippen molar-refractivity contribution in [3.05, 3.63) is 83.9 Å². The van der Waals surface area contributed by atoms with E-state index in [1.807, 2.05) is 53.4 Å². The highest BCUT2D eigenvalue weighted by Crippen LogP contribution is 2.35. The Morgan fingerprint density at radius 3 is 2.34 bits per heavy atom. The van der Waals surface area contributed by atoms with Gasteiger partial charge in [0.05, 0.1) is 20.6 Å². The molecule has 0 atom stereocenters. The minimum Gasteiger partial charge on any atom is -0.493 e. The van der Waals surface area contributed by atoms with Crippen LogP contribution in [0.2, 0.25) is 0 Å². The van der Waals surface area contributed by atoms with Crippen molar-refractivity contribution in [1.29, 1.82) is 0 Å². The number of ether oxygens (including phenoxy) is 2. The average molecular weight is 471 g/mol. The summed E-state index contributed by atoms with van der Waals surface area (Å²) in [6.07, 6.45) is 0.394. The van der Waals surface area contributed by atoms with Crippen LogP contribution in [0.1, 0.15) is 11.1 Å². The summed E-state index contributed by atoms with van der Waals surface area (Å²) in [5, 5.41) is 0.979. The van der Waals surface area contributed by atoms with E-state index in [-0.39, 0.29) is 5.91 Å². The minimum atomic E-state index is 0.173. The first-order valence-corrected chi connectivity index (χ1v) is 11.9. The molecule has 5 rings (SSSR count). The number of methoxy groups -OCH3 is 2. The summed E-state index contributed by atoms with van der Waals surface area (Å²) in [6.45, 7) is 4.26. The van der Waals surface area contributed by atoms with Gasteiger partial charge in [-0.25, -0.2) is 0 Å². The Labute approximate surface area is 205 Å². The predicted molar refractivity (Wildman–Crippen MR) is 137 cm³/mol. The van der Waals surface area contributed by atoms with Gasteiger partial charge in [0.1, 0.15) is 11.3 Å². The number of piperazine rings is 1. The molecule has 1 saturated heterocycles. The summed E-state index contributed by atoms with van der Waals surface area (Å²) in [6, 6.07) is 24.2. The number of nitrogens with zero attached hydrogens (tertiary/aromatic N) is 2. The van der Waals surface area contributed by atoms with E-state index in [4.69, 9.17) is 13.9 Å². The first-order valence-electron chi connectivity index (χ1n) is 11.9. The van der Waals surface area contributed by atoms with Crippen LogP contribution in [0, 0.1) is 0 Å². The Kier molecular flexibility index (Phi) is 6.73. The van der Waals surface area contributed by atoms with Crippen LogP contribution in [0.15, 0.2) is 77.2 Å². The number of benzene rings is 3. The highest BCUT2D eigenvalue weighted by molar-refractivity contribution is 5.86. The zero-order valence-electron chi connectivity index (χ0n) is 20.2. The second-order valence-corrected chi connectivity index (χ2v) is 8.87. The molecule has 1 aliphatic rings. The Hall–Kier alpha value is -3.77. The van der Waals surface area contributed by atoms with Gasteiger partial charge in [-0.3, -0.25) is 9.69 Å². The molecule has 0 bridgehead atoms. The van der Waals surface area contributed by atoms with Gasteiger partial charge in [-0.15, -0.1) is 0 Å². The Morgan fingerprint density at radius 2 is 1.60 bits per heavy atom. The molecule has 1 amide bonds. The van der Waals surface area contributed by atoms with Crippen LogP contribution in [0.3, 0.4) is 0 Å². The third kappa shape index (κ3) is 5.17. The third-order valence-electron chi connectivity index (χ3n) is 6.58. The van der Waals surface area contributed by atoms with Gasteiger partial charge in [0.2, 0.25) is 5.91 Å². The lowest BCUT2D eigenvalue weighted by molar-refractivity contribution is -0.132. The number of fused-ring (bicyclic) bond motifs is 1.